The normalized spacial score (nSPS) is 29.8. The summed E-state index contributed by atoms with van der Waals surface area (Å²) < 4.78 is 40.3. The second kappa shape index (κ2) is 12.6. The highest BCUT2D eigenvalue weighted by molar-refractivity contribution is 5.70. The molecule has 3 unspecified atom stereocenters. The van der Waals surface area contributed by atoms with Crippen molar-refractivity contribution < 1.29 is 52.3 Å². The number of rotatable bonds is 9. The molecule has 6 atom stereocenters. The molecule has 202 valence electrons. The van der Waals surface area contributed by atoms with E-state index in [0.717, 1.165) is 19.3 Å². The molecule has 0 aromatic carbocycles. The number of hydrogen-bond acceptors (Lipinski definition) is 11. The highest BCUT2D eigenvalue weighted by atomic mass is 16.8. The Bertz CT molecular complexity index is 832. The van der Waals surface area contributed by atoms with Gasteiger partial charge in [-0.25, -0.2) is 0 Å². The van der Waals surface area contributed by atoms with Crippen molar-refractivity contribution in [3.05, 3.63) is 12.2 Å². The largest absolute Gasteiger partial charge is 0.469 e. The third-order valence-electron chi connectivity index (χ3n) is 6.47. The number of fused-ring (bicyclic) bond motifs is 1. The molecule has 3 rings (SSSR count). The Balaban J connectivity index is 1.91. The minimum atomic E-state index is -0.971. The number of methoxy groups -OCH3 is 1. The van der Waals surface area contributed by atoms with Gasteiger partial charge in [-0.15, -0.1) is 0 Å². The molecule has 1 aliphatic carbocycles. The number of hydrogen-bond donors (Lipinski definition) is 0. The Kier molecular flexibility index (Phi) is 9.86. The van der Waals surface area contributed by atoms with Crippen LogP contribution in [-0.2, 0) is 52.3 Å². The monoisotopic (exact) mass is 512 g/mol. The summed E-state index contributed by atoms with van der Waals surface area (Å²) in [7, 11) is 1.30. The van der Waals surface area contributed by atoms with E-state index in [9.17, 15) is 19.2 Å². The number of esters is 4. The molecular formula is C25H36O11. The smallest absolute Gasteiger partial charge is 0.309 e. The lowest BCUT2D eigenvalue weighted by molar-refractivity contribution is -0.232. The van der Waals surface area contributed by atoms with Crippen LogP contribution >= 0.6 is 0 Å². The van der Waals surface area contributed by atoms with Gasteiger partial charge in [-0.3, -0.25) is 19.2 Å². The third kappa shape index (κ3) is 7.27. The zero-order valence-electron chi connectivity index (χ0n) is 21.3. The molecule has 36 heavy (non-hydrogen) atoms. The van der Waals surface area contributed by atoms with Crippen LogP contribution in [0, 0.1) is 0 Å². The van der Waals surface area contributed by atoms with E-state index < -0.39 is 66.3 Å². The second-order valence-corrected chi connectivity index (χ2v) is 9.29. The molecule has 0 amide bonds. The van der Waals surface area contributed by atoms with Crippen LogP contribution in [0.25, 0.3) is 0 Å². The van der Waals surface area contributed by atoms with E-state index in [4.69, 9.17) is 28.4 Å². The van der Waals surface area contributed by atoms with Crippen LogP contribution in [0.4, 0.5) is 0 Å². The highest BCUT2D eigenvalue weighted by Gasteiger charge is 2.60. The summed E-state index contributed by atoms with van der Waals surface area (Å²) in [6, 6.07) is 0. The Morgan fingerprint density at radius 2 is 1.64 bits per heavy atom. The van der Waals surface area contributed by atoms with Crippen molar-refractivity contribution >= 4 is 23.9 Å². The average molecular weight is 513 g/mol. The molecule has 0 aromatic heterocycles. The first-order valence-electron chi connectivity index (χ1n) is 12.3. The number of carbonyl (C=O) groups excluding carboxylic acids is 4. The van der Waals surface area contributed by atoms with E-state index in [2.05, 4.69) is 4.74 Å². The predicted octanol–water partition coefficient (Wildman–Crippen LogP) is 2.13. The summed E-state index contributed by atoms with van der Waals surface area (Å²) in [5, 5.41) is 0. The minimum absolute atomic E-state index is 0.0716. The van der Waals surface area contributed by atoms with Crippen LogP contribution in [0.5, 0.6) is 0 Å². The van der Waals surface area contributed by atoms with Crippen molar-refractivity contribution in [1.29, 1.82) is 0 Å². The van der Waals surface area contributed by atoms with Crippen LogP contribution in [0.15, 0.2) is 12.2 Å². The molecule has 0 aromatic rings. The molecule has 3 fully saturated rings. The fourth-order valence-corrected chi connectivity index (χ4v) is 4.99. The topological polar surface area (TPSA) is 133 Å². The van der Waals surface area contributed by atoms with Gasteiger partial charge in [-0.2, -0.15) is 0 Å². The van der Waals surface area contributed by atoms with Crippen LogP contribution in [0.2, 0.25) is 0 Å². The maximum atomic E-state index is 12.0. The molecule has 2 heterocycles. The molecule has 0 N–H and O–H groups in total. The van der Waals surface area contributed by atoms with E-state index in [1.165, 1.54) is 27.9 Å². The molecule has 1 spiro atoms. The Morgan fingerprint density at radius 3 is 2.25 bits per heavy atom. The highest BCUT2D eigenvalue weighted by Crippen LogP contribution is 2.46. The molecule has 2 aliphatic heterocycles. The second-order valence-electron chi connectivity index (χ2n) is 9.29. The lowest BCUT2D eigenvalue weighted by Gasteiger charge is -2.43. The first kappa shape index (κ1) is 28.1. The van der Waals surface area contributed by atoms with Crippen molar-refractivity contribution in [2.75, 3.05) is 13.7 Å². The van der Waals surface area contributed by atoms with Gasteiger partial charge in [0.25, 0.3) is 0 Å². The van der Waals surface area contributed by atoms with E-state index >= 15 is 0 Å². The molecule has 1 saturated carbocycles. The summed E-state index contributed by atoms with van der Waals surface area (Å²) in [6.07, 6.45) is 3.19. The first-order chi connectivity index (χ1) is 17.1. The number of ether oxygens (including phenoxy) is 7. The van der Waals surface area contributed by atoms with Crippen LogP contribution in [0.3, 0.4) is 0 Å². The summed E-state index contributed by atoms with van der Waals surface area (Å²) in [5.74, 6) is -2.87. The zero-order chi connectivity index (χ0) is 26.3. The Morgan fingerprint density at radius 1 is 0.944 bits per heavy atom. The van der Waals surface area contributed by atoms with Gasteiger partial charge in [0, 0.05) is 33.6 Å². The summed E-state index contributed by atoms with van der Waals surface area (Å²) in [6.45, 7) is 3.58. The Labute approximate surface area is 210 Å². The van der Waals surface area contributed by atoms with Gasteiger partial charge in [-0.1, -0.05) is 18.6 Å². The lowest BCUT2D eigenvalue weighted by Crippen LogP contribution is -2.61. The van der Waals surface area contributed by atoms with Gasteiger partial charge in [0.05, 0.1) is 13.5 Å². The zero-order valence-corrected chi connectivity index (χ0v) is 21.3. The van der Waals surface area contributed by atoms with Crippen molar-refractivity contribution in [2.45, 2.75) is 108 Å². The molecule has 11 nitrogen and oxygen atoms in total. The van der Waals surface area contributed by atoms with Crippen molar-refractivity contribution in [3.8, 4) is 0 Å². The SMILES string of the molecule is COC(=O)C/C=C/CC1O[C@@H]([C@@H](COC(C)=O)OC(C)=O)C2OC3(CCCCC3)OC2[C@H]1OC(C)=O. The predicted molar refractivity (Wildman–Crippen MR) is 122 cm³/mol. The molecule has 11 heteroatoms. The first-order valence-corrected chi connectivity index (χ1v) is 12.3. The van der Waals surface area contributed by atoms with Crippen molar-refractivity contribution in [3.63, 3.8) is 0 Å². The molecular weight excluding hydrogens is 476 g/mol. The van der Waals surface area contributed by atoms with Gasteiger partial charge in [0.1, 0.15) is 31.0 Å². The lowest BCUT2D eigenvalue weighted by atomic mass is 9.90. The van der Waals surface area contributed by atoms with Gasteiger partial charge < -0.3 is 33.2 Å². The maximum absolute atomic E-state index is 12.0. The fraction of sp³-hybridized carbons (Fsp3) is 0.760. The van der Waals surface area contributed by atoms with Gasteiger partial charge in [-0.05, 0) is 19.3 Å². The van der Waals surface area contributed by atoms with Gasteiger partial charge in [0.2, 0.25) is 0 Å². The van der Waals surface area contributed by atoms with Gasteiger partial charge in [0.15, 0.2) is 18.0 Å². The van der Waals surface area contributed by atoms with E-state index in [1.54, 1.807) is 12.2 Å². The molecule has 3 aliphatic rings. The van der Waals surface area contributed by atoms with Gasteiger partial charge >= 0.3 is 23.9 Å². The Hall–Kier alpha value is -2.50. The van der Waals surface area contributed by atoms with E-state index in [1.807, 2.05) is 0 Å². The maximum Gasteiger partial charge on any atom is 0.309 e. The third-order valence-corrected chi connectivity index (χ3v) is 6.47. The average Bonchev–Trinajstić information content (AvgIpc) is 3.18. The summed E-state index contributed by atoms with van der Waals surface area (Å²) in [4.78, 5) is 46.9. The minimum Gasteiger partial charge on any atom is -0.469 e. The van der Waals surface area contributed by atoms with E-state index in [-0.39, 0.29) is 19.4 Å². The van der Waals surface area contributed by atoms with E-state index in [0.29, 0.717) is 12.8 Å². The standard InChI is InChI=1S/C25H36O11/c1-15(26)31-14-19(32-16(2)27)22-24-23(35-25(36-24)12-8-5-9-13-25)21(33-17(3)28)18(34-22)10-6-7-11-20(29)30-4/h6-7,18-19,21-24H,5,8-14H2,1-4H3/b7-6+/t18?,19-,21+,22+,23?,24?/m1/s1. The summed E-state index contributed by atoms with van der Waals surface area (Å²) in [5.41, 5.74) is 0. The van der Waals surface area contributed by atoms with Crippen LogP contribution in [0.1, 0.15) is 65.7 Å². The van der Waals surface area contributed by atoms with Crippen LogP contribution < -0.4 is 0 Å². The van der Waals surface area contributed by atoms with Crippen LogP contribution in [-0.4, -0.2) is 80.0 Å². The molecule has 0 radical (unpaired) electrons. The quantitative estimate of drug-likeness (QED) is 0.256. The fourth-order valence-electron chi connectivity index (χ4n) is 4.99. The van der Waals surface area contributed by atoms with Crippen molar-refractivity contribution in [1.82, 2.24) is 0 Å². The number of carbonyl (C=O) groups is 4. The molecule has 2 saturated heterocycles. The summed E-state index contributed by atoms with van der Waals surface area (Å²) >= 11 is 0. The molecule has 0 bridgehead atoms. The van der Waals surface area contributed by atoms with Crippen molar-refractivity contribution in [2.24, 2.45) is 0 Å².